The molecule has 1 saturated carbocycles. The summed E-state index contributed by atoms with van der Waals surface area (Å²) in [7, 11) is 0. The monoisotopic (exact) mass is 358 g/mol. The second-order valence-electron chi connectivity index (χ2n) is 7.44. The molecule has 0 bridgehead atoms. The van der Waals surface area contributed by atoms with Gasteiger partial charge in [-0.05, 0) is 44.9 Å². The Morgan fingerprint density at radius 1 is 1.27 bits per heavy atom. The number of nitrogens with zero attached hydrogens (tertiary/aromatic N) is 4. The lowest BCUT2D eigenvalue weighted by molar-refractivity contribution is 0.592. The van der Waals surface area contributed by atoms with Crippen LogP contribution in [0.15, 0.2) is 23.0 Å². The smallest absolute Gasteiger partial charge is 0.191 e. The average molecular weight is 359 g/mol. The van der Waals surface area contributed by atoms with Gasteiger partial charge in [-0.2, -0.15) is 0 Å². The highest BCUT2D eigenvalue weighted by Gasteiger charge is 2.16. The van der Waals surface area contributed by atoms with Gasteiger partial charge in [0.25, 0.3) is 0 Å². The van der Waals surface area contributed by atoms with Gasteiger partial charge in [0.2, 0.25) is 0 Å². The molecule has 6 nitrogen and oxygen atoms in total. The SMILES string of the molecule is CCc1nncn1CCNC(=NCCC1=CCCCC1)NC1CCCC1. The first-order chi connectivity index (χ1) is 12.8. The molecule has 26 heavy (non-hydrogen) atoms. The molecule has 1 aromatic heterocycles. The van der Waals surface area contributed by atoms with Crippen LogP contribution in [0, 0.1) is 0 Å². The maximum Gasteiger partial charge on any atom is 0.191 e. The van der Waals surface area contributed by atoms with Crippen molar-refractivity contribution in [2.45, 2.75) is 83.7 Å². The molecule has 3 rings (SSSR count). The van der Waals surface area contributed by atoms with Crippen molar-refractivity contribution in [3.63, 3.8) is 0 Å². The van der Waals surface area contributed by atoms with Gasteiger partial charge in [0.15, 0.2) is 5.96 Å². The number of nitrogens with one attached hydrogen (secondary N) is 2. The van der Waals surface area contributed by atoms with E-state index in [1.807, 2.05) is 6.33 Å². The van der Waals surface area contributed by atoms with Crippen molar-refractivity contribution >= 4 is 5.96 Å². The van der Waals surface area contributed by atoms with E-state index in [0.29, 0.717) is 6.04 Å². The fraction of sp³-hybridized carbons (Fsp3) is 0.750. The summed E-state index contributed by atoms with van der Waals surface area (Å²) in [6, 6.07) is 0.580. The minimum absolute atomic E-state index is 0.580. The Morgan fingerprint density at radius 2 is 2.15 bits per heavy atom. The van der Waals surface area contributed by atoms with Crippen LogP contribution in [0.4, 0.5) is 0 Å². The van der Waals surface area contributed by atoms with Crippen molar-refractivity contribution in [2.24, 2.45) is 4.99 Å². The minimum Gasteiger partial charge on any atom is -0.355 e. The van der Waals surface area contributed by atoms with E-state index in [2.05, 4.69) is 38.4 Å². The molecule has 0 saturated heterocycles. The topological polar surface area (TPSA) is 67.1 Å². The maximum absolute atomic E-state index is 4.86. The summed E-state index contributed by atoms with van der Waals surface area (Å²) in [6.07, 6.45) is 16.7. The number of hydrogen-bond donors (Lipinski definition) is 2. The Balaban J connectivity index is 1.50. The third kappa shape index (κ3) is 5.85. The van der Waals surface area contributed by atoms with Gasteiger partial charge in [-0.15, -0.1) is 10.2 Å². The number of rotatable bonds is 8. The van der Waals surface area contributed by atoms with Crippen LogP contribution < -0.4 is 10.6 Å². The minimum atomic E-state index is 0.580. The van der Waals surface area contributed by atoms with Crippen LogP contribution in [-0.4, -0.2) is 39.9 Å². The lowest BCUT2D eigenvalue weighted by Gasteiger charge is -2.18. The van der Waals surface area contributed by atoms with Gasteiger partial charge in [0.1, 0.15) is 12.2 Å². The predicted octanol–water partition coefficient (Wildman–Crippen LogP) is 3.21. The molecular formula is C20H34N6. The molecule has 0 unspecified atom stereocenters. The maximum atomic E-state index is 4.86. The first-order valence-corrected chi connectivity index (χ1v) is 10.4. The number of allylic oxidation sites excluding steroid dienone is 1. The molecule has 0 spiro atoms. The summed E-state index contributed by atoms with van der Waals surface area (Å²) in [4.78, 5) is 4.86. The van der Waals surface area contributed by atoms with Crippen LogP contribution in [0.2, 0.25) is 0 Å². The van der Waals surface area contributed by atoms with Gasteiger partial charge in [0.05, 0.1) is 0 Å². The molecule has 0 aliphatic heterocycles. The van der Waals surface area contributed by atoms with E-state index >= 15 is 0 Å². The second-order valence-corrected chi connectivity index (χ2v) is 7.44. The molecule has 0 aromatic carbocycles. The summed E-state index contributed by atoms with van der Waals surface area (Å²) in [5.41, 5.74) is 1.59. The van der Waals surface area contributed by atoms with Gasteiger partial charge in [-0.1, -0.05) is 31.4 Å². The summed E-state index contributed by atoms with van der Waals surface area (Å²) in [6.45, 7) is 4.70. The van der Waals surface area contributed by atoms with Gasteiger partial charge in [0, 0.05) is 32.1 Å². The van der Waals surface area contributed by atoms with Crippen LogP contribution in [0.1, 0.15) is 70.5 Å². The van der Waals surface area contributed by atoms with Gasteiger partial charge in [-0.25, -0.2) is 0 Å². The Hall–Kier alpha value is -1.85. The number of hydrogen-bond acceptors (Lipinski definition) is 3. The quantitative estimate of drug-likeness (QED) is 0.425. The Morgan fingerprint density at radius 3 is 2.92 bits per heavy atom. The molecule has 1 heterocycles. The molecule has 2 aliphatic rings. The lowest BCUT2D eigenvalue weighted by Crippen LogP contribution is -2.43. The van der Waals surface area contributed by atoms with Crippen molar-refractivity contribution < 1.29 is 0 Å². The summed E-state index contributed by atoms with van der Waals surface area (Å²) in [5, 5.41) is 15.3. The lowest BCUT2D eigenvalue weighted by atomic mass is 9.97. The zero-order valence-corrected chi connectivity index (χ0v) is 16.2. The van der Waals surface area contributed by atoms with Crippen LogP contribution in [0.25, 0.3) is 0 Å². The normalized spacial score (nSPS) is 18.8. The Kier molecular flexibility index (Phi) is 7.52. The summed E-state index contributed by atoms with van der Waals surface area (Å²) < 4.78 is 2.12. The zero-order chi connectivity index (χ0) is 18.0. The second kappa shape index (κ2) is 10.3. The van der Waals surface area contributed by atoms with E-state index in [1.54, 1.807) is 5.57 Å². The number of guanidine groups is 1. The fourth-order valence-electron chi connectivity index (χ4n) is 3.89. The first kappa shape index (κ1) is 18.9. The number of aliphatic imine (C=N–C) groups is 1. The fourth-order valence-corrected chi connectivity index (χ4v) is 3.89. The molecule has 0 amide bonds. The highest BCUT2D eigenvalue weighted by atomic mass is 15.3. The molecule has 2 N–H and O–H groups in total. The zero-order valence-electron chi connectivity index (χ0n) is 16.2. The standard InChI is InChI=1S/C20H34N6/c1-2-19-25-23-16-26(19)15-14-22-20(24-18-10-6-7-11-18)21-13-12-17-8-4-3-5-9-17/h8,16,18H,2-7,9-15H2,1H3,(H2,21,22,24). The van der Waals surface area contributed by atoms with E-state index < -0.39 is 0 Å². The van der Waals surface area contributed by atoms with Gasteiger partial charge >= 0.3 is 0 Å². The van der Waals surface area contributed by atoms with Crippen LogP contribution in [0.3, 0.4) is 0 Å². The third-order valence-corrected chi connectivity index (χ3v) is 5.44. The van der Waals surface area contributed by atoms with Crippen molar-refractivity contribution in [2.75, 3.05) is 13.1 Å². The van der Waals surface area contributed by atoms with E-state index in [-0.39, 0.29) is 0 Å². The highest BCUT2D eigenvalue weighted by molar-refractivity contribution is 5.80. The summed E-state index contributed by atoms with van der Waals surface area (Å²) in [5.74, 6) is 2.01. The van der Waals surface area contributed by atoms with Crippen molar-refractivity contribution in [1.29, 1.82) is 0 Å². The van der Waals surface area contributed by atoms with Crippen LogP contribution in [0.5, 0.6) is 0 Å². The molecule has 1 fully saturated rings. The first-order valence-electron chi connectivity index (χ1n) is 10.4. The molecule has 0 radical (unpaired) electrons. The summed E-state index contributed by atoms with van der Waals surface area (Å²) >= 11 is 0. The molecule has 144 valence electrons. The average Bonchev–Trinajstić information content (AvgIpc) is 3.34. The molecule has 6 heteroatoms. The van der Waals surface area contributed by atoms with Gasteiger partial charge < -0.3 is 15.2 Å². The molecule has 2 aliphatic carbocycles. The molecular weight excluding hydrogens is 324 g/mol. The van der Waals surface area contributed by atoms with Gasteiger partial charge in [-0.3, -0.25) is 4.99 Å². The van der Waals surface area contributed by atoms with E-state index in [4.69, 9.17) is 4.99 Å². The number of aryl methyl sites for hydroxylation is 1. The predicted molar refractivity (Wildman–Crippen MR) is 106 cm³/mol. The Bertz CT molecular complexity index is 597. The highest BCUT2D eigenvalue weighted by Crippen LogP contribution is 2.20. The largest absolute Gasteiger partial charge is 0.355 e. The van der Waals surface area contributed by atoms with E-state index in [0.717, 1.165) is 44.3 Å². The van der Waals surface area contributed by atoms with Crippen molar-refractivity contribution in [3.8, 4) is 0 Å². The van der Waals surface area contributed by atoms with E-state index in [9.17, 15) is 0 Å². The van der Waals surface area contributed by atoms with Crippen molar-refractivity contribution in [3.05, 3.63) is 23.8 Å². The third-order valence-electron chi connectivity index (χ3n) is 5.44. The van der Waals surface area contributed by atoms with Crippen LogP contribution in [-0.2, 0) is 13.0 Å². The molecule has 1 aromatic rings. The van der Waals surface area contributed by atoms with E-state index in [1.165, 1.54) is 51.4 Å². The van der Waals surface area contributed by atoms with Crippen LogP contribution >= 0.6 is 0 Å². The van der Waals surface area contributed by atoms with Crippen molar-refractivity contribution in [1.82, 2.24) is 25.4 Å². The Labute approximate surface area is 157 Å². The molecule has 0 atom stereocenters. The number of aromatic nitrogens is 3.